The molecule has 1 heterocycles. The van der Waals surface area contributed by atoms with Crippen LogP contribution in [-0.4, -0.2) is 11.0 Å². The van der Waals surface area contributed by atoms with Gasteiger partial charge in [0.15, 0.2) is 10.9 Å². The van der Waals surface area contributed by atoms with Crippen LogP contribution in [0.3, 0.4) is 0 Å². The number of benzene rings is 2. The van der Waals surface area contributed by atoms with Crippen LogP contribution in [0.2, 0.25) is 0 Å². The minimum atomic E-state index is -0.433. The molecule has 0 bridgehead atoms. The van der Waals surface area contributed by atoms with Gasteiger partial charge < -0.3 is 14.5 Å². The van der Waals surface area contributed by atoms with Crippen LogP contribution in [0.15, 0.2) is 59.0 Å². The van der Waals surface area contributed by atoms with E-state index < -0.39 is 5.91 Å². The van der Waals surface area contributed by atoms with Gasteiger partial charge >= 0.3 is 5.91 Å². The average molecular weight is 438 g/mol. The van der Waals surface area contributed by atoms with Crippen molar-refractivity contribution in [2.75, 3.05) is 5.32 Å². The molecule has 3 N–H and O–H groups in total. The van der Waals surface area contributed by atoms with E-state index in [4.69, 9.17) is 21.4 Å². The smallest absolute Gasteiger partial charge is 0.305 e. The van der Waals surface area contributed by atoms with Gasteiger partial charge in [0.25, 0.3) is 0 Å². The van der Waals surface area contributed by atoms with E-state index >= 15 is 0 Å². The van der Waals surface area contributed by atoms with Crippen LogP contribution in [-0.2, 0) is 6.61 Å². The average Bonchev–Trinajstić information content (AvgIpc) is 3.21. The maximum Gasteiger partial charge on any atom is 0.305 e. The molecule has 0 aliphatic heterocycles. The summed E-state index contributed by atoms with van der Waals surface area (Å²) in [5.41, 5.74) is 9.42. The number of anilines is 1. The van der Waals surface area contributed by atoms with Gasteiger partial charge in [0.1, 0.15) is 18.1 Å². The molecule has 2 aromatic carbocycles. The number of amides is 1. The summed E-state index contributed by atoms with van der Waals surface area (Å²) in [5.74, 6) is 1.46. The van der Waals surface area contributed by atoms with Gasteiger partial charge in [-0.3, -0.25) is 15.6 Å². The Labute approximate surface area is 188 Å². The second-order valence-corrected chi connectivity index (χ2v) is 8.06. The molecule has 1 amide bonds. The highest BCUT2D eigenvalue weighted by Crippen LogP contribution is 2.28. The fourth-order valence-corrected chi connectivity index (χ4v) is 3.11. The van der Waals surface area contributed by atoms with Gasteiger partial charge in [-0.2, -0.15) is 0 Å². The number of rotatable bonds is 6. The van der Waals surface area contributed by atoms with Crippen molar-refractivity contribution in [2.24, 2.45) is 0 Å². The maximum atomic E-state index is 12.3. The van der Waals surface area contributed by atoms with Gasteiger partial charge in [0.2, 0.25) is 0 Å². The molecule has 0 unspecified atom stereocenters. The predicted octanol–water partition coefficient (Wildman–Crippen LogP) is 5.23. The van der Waals surface area contributed by atoms with E-state index in [1.54, 1.807) is 12.1 Å². The molecule has 0 saturated heterocycles. The lowest BCUT2D eigenvalue weighted by atomic mass is 10.0. The molecule has 0 aliphatic rings. The first-order valence-electron chi connectivity index (χ1n) is 10.1. The molecule has 162 valence electrons. The number of ether oxygens (including phenoxy) is 1. The lowest BCUT2D eigenvalue weighted by molar-refractivity contribution is 0.0912. The summed E-state index contributed by atoms with van der Waals surface area (Å²) in [6, 6.07) is 17.2. The summed E-state index contributed by atoms with van der Waals surface area (Å²) in [5, 5.41) is 3.26. The Morgan fingerprint density at radius 1 is 1.00 bits per heavy atom. The molecule has 0 saturated carbocycles. The van der Waals surface area contributed by atoms with E-state index in [9.17, 15) is 4.79 Å². The Bertz CT molecular complexity index is 1060. The normalized spacial score (nSPS) is 10.6. The first kappa shape index (κ1) is 22.4. The van der Waals surface area contributed by atoms with Gasteiger partial charge in [-0.15, -0.1) is 0 Å². The molecule has 3 rings (SSSR count). The van der Waals surface area contributed by atoms with Crippen LogP contribution in [0.25, 0.3) is 0 Å². The Morgan fingerprint density at radius 2 is 1.71 bits per heavy atom. The summed E-state index contributed by atoms with van der Waals surface area (Å²) in [4.78, 5) is 12.3. The Kier molecular flexibility index (Phi) is 7.31. The number of thiocarbonyl (C=S) groups is 1. The molecule has 0 fully saturated rings. The van der Waals surface area contributed by atoms with E-state index in [1.807, 2.05) is 44.2 Å². The van der Waals surface area contributed by atoms with Gasteiger partial charge in [-0.25, -0.2) is 0 Å². The van der Waals surface area contributed by atoms with E-state index in [0.29, 0.717) is 11.7 Å². The highest BCUT2D eigenvalue weighted by molar-refractivity contribution is 7.80. The molecular formula is C24H27N3O3S. The highest BCUT2D eigenvalue weighted by atomic mass is 32.1. The summed E-state index contributed by atoms with van der Waals surface area (Å²) < 4.78 is 11.6. The fraction of sp³-hybridized carbons (Fsp3) is 0.250. The minimum absolute atomic E-state index is 0.164. The molecule has 0 atom stereocenters. The summed E-state index contributed by atoms with van der Waals surface area (Å²) in [7, 11) is 0. The monoisotopic (exact) mass is 437 g/mol. The molecule has 0 aliphatic carbocycles. The Hall–Kier alpha value is -3.32. The number of aryl methyl sites for hydroxylation is 2. The fourth-order valence-electron chi connectivity index (χ4n) is 2.94. The standard InChI is InChI=1S/C24H27N3O3S/c1-15(2)20-11-7-17(4)13-22(20)29-14-19-10-12-21(30-19)23(28)26-27-24(31)25-18-8-5-16(3)6-9-18/h5-13,15H,14H2,1-4H3,(H,26,28)(H2,25,27,31). The van der Waals surface area contributed by atoms with Crippen molar-refractivity contribution < 1.29 is 13.9 Å². The van der Waals surface area contributed by atoms with E-state index in [1.165, 1.54) is 0 Å². The van der Waals surface area contributed by atoms with Crippen LogP contribution >= 0.6 is 12.2 Å². The predicted molar refractivity (Wildman–Crippen MR) is 126 cm³/mol. The Balaban J connectivity index is 1.52. The second kappa shape index (κ2) is 10.1. The van der Waals surface area contributed by atoms with Gasteiger partial charge in [-0.05, 0) is 73.4 Å². The third-order valence-electron chi connectivity index (χ3n) is 4.65. The van der Waals surface area contributed by atoms with Gasteiger partial charge in [-0.1, -0.05) is 43.7 Å². The topological polar surface area (TPSA) is 75.5 Å². The number of nitrogens with one attached hydrogen (secondary N) is 3. The molecular weight excluding hydrogens is 410 g/mol. The second-order valence-electron chi connectivity index (χ2n) is 7.65. The maximum absolute atomic E-state index is 12.3. The van der Waals surface area contributed by atoms with Crippen molar-refractivity contribution in [2.45, 2.75) is 40.2 Å². The summed E-state index contributed by atoms with van der Waals surface area (Å²) in [6.45, 7) is 8.51. The van der Waals surface area contributed by atoms with Gasteiger partial charge in [0, 0.05) is 5.69 Å². The molecule has 1 aromatic heterocycles. The number of hydrogen-bond donors (Lipinski definition) is 3. The lowest BCUT2D eigenvalue weighted by Crippen LogP contribution is -2.43. The third-order valence-corrected chi connectivity index (χ3v) is 4.85. The zero-order valence-corrected chi connectivity index (χ0v) is 18.9. The highest BCUT2D eigenvalue weighted by Gasteiger charge is 2.13. The summed E-state index contributed by atoms with van der Waals surface area (Å²) in [6.07, 6.45) is 0. The quantitative estimate of drug-likeness (QED) is 0.362. The Morgan fingerprint density at radius 3 is 2.42 bits per heavy atom. The SMILES string of the molecule is Cc1ccc(NC(=S)NNC(=O)c2ccc(COc3cc(C)ccc3C(C)C)o2)cc1. The molecule has 0 spiro atoms. The molecule has 3 aromatic rings. The van der Waals surface area contributed by atoms with E-state index in [2.05, 4.69) is 42.1 Å². The van der Waals surface area contributed by atoms with Crippen LogP contribution in [0, 0.1) is 13.8 Å². The first-order chi connectivity index (χ1) is 14.8. The molecule has 31 heavy (non-hydrogen) atoms. The zero-order valence-electron chi connectivity index (χ0n) is 18.1. The van der Waals surface area contributed by atoms with Crippen molar-refractivity contribution >= 4 is 28.9 Å². The van der Waals surface area contributed by atoms with Crippen molar-refractivity contribution in [1.82, 2.24) is 10.9 Å². The number of carbonyl (C=O) groups excluding carboxylic acids is 1. The van der Waals surface area contributed by atoms with Gasteiger partial charge in [0.05, 0.1) is 0 Å². The molecule has 7 heteroatoms. The van der Waals surface area contributed by atoms with Crippen LogP contribution in [0.1, 0.15) is 52.8 Å². The zero-order chi connectivity index (χ0) is 22.4. The number of furan rings is 1. The van der Waals surface area contributed by atoms with Crippen molar-refractivity contribution in [3.8, 4) is 5.75 Å². The van der Waals surface area contributed by atoms with Crippen molar-refractivity contribution in [1.29, 1.82) is 0 Å². The molecule has 0 radical (unpaired) electrons. The number of hydrogen-bond acceptors (Lipinski definition) is 4. The van der Waals surface area contributed by atoms with Crippen molar-refractivity contribution in [3.63, 3.8) is 0 Å². The summed E-state index contributed by atoms with van der Waals surface area (Å²) >= 11 is 5.19. The molecule has 6 nitrogen and oxygen atoms in total. The number of carbonyl (C=O) groups is 1. The van der Waals surface area contributed by atoms with Crippen molar-refractivity contribution in [3.05, 3.63) is 82.8 Å². The van der Waals surface area contributed by atoms with Crippen LogP contribution in [0.4, 0.5) is 5.69 Å². The lowest BCUT2D eigenvalue weighted by Gasteiger charge is -2.14. The van der Waals surface area contributed by atoms with Crippen LogP contribution < -0.4 is 20.9 Å². The minimum Gasteiger partial charge on any atom is -0.485 e. The number of hydrazine groups is 1. The van der Waals surface area contributed by atoms with E-state index in [-0.39, 0.29) is 17.5 Å². The van der Waals surface area contributed by atoms with Crippen LogP contribution in [0.5, 0.6) is 5.75 Å². The largest absolute Gasteiger partial charge is 0.485 e. The third kappa shape index (κ3) is 6.33. The van der Waals surface area contributed by atoms with E-state index in [0.717, 1.165) is 28.1 Å². The first-order valence-corrected chi connectivity index (χ1v) is 10.5.